The van der Waals surface area contributed by atoms with E-state index in [2.05, 4.69) is 5.32 Å². The van der Waals surface area contributed by atoms with Gasteiger partial charge in [0.05, 0.1) is 11.0 Å². The Labute approximate surface area is 197 Å². The average molecular weight is 462 g/mol. The first-order valence-corrected chi connectivity index (χ1v) is 11.8. The molecule has 1 fully saturated rings. The van der Waals surface area contributed by atoms with E-state index in [0.29, 0.717) is 16.4 Å². The summed E-state index contributed by atoms with van der Waals surface area (Å²) in [7, 11) is 0. The number of hydrogen-bond acceptors (Lipinski definition) is 2. The zero-order valence-corrected chi connectivity index (χ0v) is 18.9. The highest BCUT2D eigenvalue weighted by Gasteiger charge is 2.30. The van der Waals surface area contributed by atoms with Crippen LogP contribution in [0.25, 0.3) is 22.4 Å². The van der Waals surface area contributed by atoms with E-state index < -0.39 is 6.04 Å². The van der Waals surface area contributed by atoms with E-state index in [9.17, 15) is 9.18 Å². The lowest BCUT2D eigenvalue weighted by atomic mass is 9.94. The minimum Gasteiger partial charge on any atom is -0.351 e. The molecule has 1 N–H and O–H groups in total. The number of hydrogen-bond donors (Lipinski definition) is 1. The minimum atomic E-state index is -0.763. The third kappa shape index (κ3) is 4.51. The number of halogens is 2. The van der Waals surface area contributed by atoms with Gasteiger partial charge in [0.25, 0.3) is 0 Å². The van der Waals surface area contributed by atoms with E-state index in [-0.39, 0.29) is 17.8 Å². The van der Waals surface area contributed by atoms with Crippen LogP contribution in [0.15, 0.2) is 72.8 Å². The molecule has 1 aliphatic carbocycles. The molecule has 1 atom stereocenters. The Morgan fingerprint density at radius 1 is 1.00 bits per heavy atom. The van der Waals surface area contributed by atoms with Crippen molar-refractivity contribution in [2.75, 3.05) is 0 Å². The number of amides is 1. The zero-order valence-electron chi connectivity index (χ0n) is 18.2. The van der Waals surface area contributed by atoms with E-state index in [4.69, 9.17) is 16.6 Å². The molecule has 1 saturated carbocycles. The van der Waals surface area contributed by atoms with Gasteiger partial charge >= 0.3 is 0 Å². The fourth-order valence-electron chi connectivity index (χ4n) is 4.73. The summed E-state index contributed by atoms with van der Waals surface area (Å²) in [4.78, 5) is 18.7. The number of rotatable bonds is 5. The van der Waals surface area contributed by atoms with E-state index in [0.717, 1.165) is 42.3 Å². The van der Waals surface area contributed by atoms with Crippen molar-refractivity contribution in [3.8, 4) is 11.4 Å². The van der Waals surface area contributed by atoms with Crippen molar-refractivity contribution < 1.29 is 9.18 Å². The van der Waals surface area contributed by atoms with Crippen molar-refractivity contribution in [1.29, 1.82) is 0 Å². The van der Waals surface area contributed by atoms with Crippen molar-refractivity contribution in [2.45, 2.75) is 44.2 Å². The van der Waals surface area contributed by atoms with Gasteiger partial charge in [-0.1, -0.05) is 55.1 Å². The first kappa shape index (κ1) is 21.7. The second-order valence-corrected chi connectivity index (χ2v) is 9.04. The Bertz CT molecular complexity index is 1280. The number of imidazole rings is 1. The molecule has 0 saturated heterocycles. The van der Waals surface area contributed by atoms with Gasteiger partial charge in [0.15, 0.2) is 0 Å². The molecule has 5 rings (SSSR count). The molecule has 0 spiro atoms. The van der Waals surface area contributed by atoms with Crippen molar-refractivity contribution >= 4 is 28.5 Å². The maximum atomic E-state index is 14.3. The van der Waals surface area contributed by atoms with Gasteiger partial charge in [0.1, 0.15) is 17.7 Å². The molecule has 1 heterocycles. The molecule has 0 aliphatic heterocycles. The summed E-state index contributed by atoms with van der Waals surface area (Å²) in [6, 6.07) is 20.8. The summed E-state index contributed by atoms with van der Waals surface area (Å²) >= 11 is 6.12. The molecule has 6 heteroatoms. The molecule has 0 bridgehead atoms. The number of carbonyl (C=O) groups excluding carboxylic acids is 1. The van der Waals surface area contributed by atoms with Gasteiger partial charge in [-0.25, -0.2) is 9.37 Å². The predicted octanol–water partition coefficient (Wildman–Crippen LogP) is 6.53. The summed E-state index contributed by atoms with van der Waals surface area (Å²) in [6.07, 6.45) is 5.36. The predicted molar refractivity (Wildman–Crippen MR) is 130 cm³/mol. The monoisotopic (exact) mass is 461 g/mol. The van der Waals surface area contributed by atoms with Gasteiger partial charge < -0.3 is 9.88 Å². The van der Waals surface area contributed by atoms with Crippen LogP contribution < -0.4 is 5.32 Å². The van der Waals surface area contributed by atoms with Crippen LogP contribution in [0.2, 0.25) is 5.02 Å². The molecule has 4 aromatic rings. The molecule has 1 unspecified atom stereocenters. The second-order valence-electron chi connectivity index (χ2n) is 8.60. The molecule has 4 nitrogen and oxygen atoms in total. The summed E-state index contributed by atoms with van der Waals surface area (Å²) in [5.74, 6) is 0.118. The van der Waals surface area contributed by atoms with Crippen LogP contribution in [-0.4, -0.2) is 21.5 Å². The Balaban J connectivity index is 1.68. The zero-order chi connectivity index (χ0) is 22.8. The summed E-state index contributed by atoms with van der Waals surface area (Å²) < 4.78 is 16.2. The molecule has 168 valence electrons. The highest BCUT2D eigenvalue weighted by atomic mass is 35.5. The second kappa shape index (κ2) is 9.36. The normalized spacial score (nSPS) is 15.5. The van der Waals surface area contributed by atoms with Gasteiger partial charge in [-0.05, 0) is 66.9 Å². The Hall–Kier alpha value is -3.18. The maximum Gasteiger partial charge on any atom is 0.248 e. The fraction of sp³-hybridized carbons (Fsp3) is 0.259. The highest BCUT2D eigenvalue weighted by Crippen LogP contribution is 2.33. The van der Waals surface area contributed by atoms with E-state index >= 15 is 0 Å². The SMILES string of the molecule is O=C(NC1CCCCC1)C(c1cccc(F)c1)n1c(-c2ccc(Cl)cc2)nc2ccccc21. The number of nitrogens with one attached hydrogen (secondary N) is 1. The van der Waals surface area contributed by atoms with Crippen LogP contribution in [0, 0.1) is 5.82 Å². The lowest BCUT2D eigenvalue weighted by Crippen LogP contribution is -2.41. The topological polar surface area (TPSA) is 46.9 Å². The molecule has 1 aliphatic rings. The third-order valence-corrected chi connectivity index (χ3v) is 6.57. The summed E-state index contributed by atoms with van der Waals surface area (Å²) in [5.41, 5.74) is 3.01. The van der Waals surface area contributed by atoms with Gasteiger partial charge in [0, 0.05) is 16.6 Å². The fourth-order valence-corrected chi connectivity index (χ4v) is 4.86. The standard InChI is InChI=1S/C27H25ClFN3O/c28-20-15-13-18(14-16-20)26-31-23-11-4-5-12-24(23)32(26)25(19-7-6-8-21(29)17-19)27(33)30-22-9-2-1-3-10-22/h4-8,11-17,22,25H,1-3,9-10H2,(H,30,33). The number of fused-ring (bicyclic) bond motifs is 1. The number of para-hydroxylation sites is 2. The minimum absolute atomic E-state index is 0.135. The highest BCUT2D eigenvalue weighted by molar-refractivity contribution is 6.30. The number of carbonyl (C=O) groups is 1. The molecule has 33 heavy (non-hydrogen) atoms. The molecule has 1 amide bonds. The van der Waals surface area contributed by atoms with Gasteiger partial charge in [0.2, 0.25) is 5.91 Å². The van der Waals surface area contributed by atoms with Gasteiger partial charge in [-0.15, -0.1) is 0 Å². The van der Waals surface area contributed by atoms with Crippen LogP contribution >= 0.6 is 11.6 Å². The van der Waals surface area contributed by atoms with Crippen molar-refractivity contribution in [1.82, 2.24) is 14.9 Å². The lowest BCUT2D eigenvalue weighted by Gasteiger charge is -2.27. The maximum absolute atomic E-state index is 14.3. The lowest BCUT2D eigenvalue weighted by molar-refractivity contribution is -0.124. The molecule has 0 radical (unpaired) electrons. The van der Waals surface area contributed by atoms with Gasteiger partial charge in [-0.2, -0.15) is 0 Å². The first-order chi connectivity index (χ1) is 16.1. The van der Waals surface area contributed by atoms with Crippen molar-refractivity contribution in [3.63, 3.8) is 0 Å². The van der Waals surface area contributed by atoms with Crippen LogP contribution in [0.3, 0.4) is 0 Å². The van der Waals surface area contributed by atoms with E-state index in [1.54, 1.807) is 24.3 Å². The number of aromatic nitrogens is 2. The molecule has 1 aromatic heterocycles. The quantitative estimate of drug-likeness (QED) is 0.367. The van der Waals surface area contributed by atoms with E-state index in [1.807, 2.05) is 41.0 Å². The summed E-state index contributed by atoms with van der Waals surface area (Å²) in [5, 5.41) is 3.87. The third-order valence-electron chi connectivity index (χ3n) is 6.32. The largest absolute Gasteiger partial charge is 0.351 e. The Morgan fingerprint density at radius 3 is 2.52 bits per heavy atom. The van der Waals surface area contributed by atoms with Crippen LogP contribution in [-0.2, 0) is 4.79 Å². The van der Waals surface area contributed by atoms with Crippen LogP contribution in [0.5, 0.6) is 0 Å². The smallest absolute Gasteiger partial charge is 0.248 e. The van der Waals surface area contributed by atoms with Crippen LogP contribution in [0.4, 0.5) is 4.39 Å². The van der Waals surface area contributed by atoms with Crippen molar-refractivity contribution in [2.24, 2.45) is 0 Å². The molecular weight excluding hydrogens is 437 g/mol. The van der Waals surface area contributed by atoms with E-state index in [1.165, 1.54) is 18.6 Å². The first-order valence-electron chi connectivity index (χ1n) is 11.4. The number of nitrogens with zero attached hydrogens (tertiary/aromatic N) is 2. The summed E-state index contributed by atoms with van der Waals surface area (Å²) in [6.45, 7) is 0. The van der Waals surface area contributed by atoms with Crippen LogP contribution in [0.1, 0.15) is 43.7 Å². The Morgan fingerprint density at radius 2 is 1.76 bits per heavy atom. The Kier molecular flexibility index (Phi) is 6.14. The molecular formula is C27H25ClFN3O. The number of benzene rings is 3. The van der Waals surface area contributed by atoms with Gasteiger partial charge in [-0.3, -0.25) is 4.79 Å². The average Bonchev–Trinajstić information content (AvgIpc) is 3.20. The molecule has 3 aromatic carbocycles. The van der Waals surface area contributed by atoms with Crippen molar-refractivity contribution in [3.05, 3.63) is 89.2 Å².